The summed E-state index contributed by atoms with van der Waals surface area (Å²) in [4.78, 5) is 16.2. The molecular formula is C28H21F5N2O2. The number of aromatic nitrogens is 1. The predicted molar refractivity (Wildman–Crippen MR) is 129 cm³/mol. The molecule has 0 saturated heterocycles. The molecule has 1 fully saturated rings. The van der Waals surface area contributed by atoms with Crippen molar-refractivity contribution in [2.24, 2.45) is 0 Å². The molecule has 9 heteroatoms. The molecule has 2 N–H and O–H groups in total. The fraction of sp³-hybridized carbons (Fsp3) is 0.179. The van der Waals surface area contributed by atoms with Gasteiger partial charge in [0, 0.05) is 23.1 Å². The van der Waals surface area contributed by atoms with Crippen LogP contribution >= 0.6 is 0 Å². The minimum Gasteiger partial charge on any atom is -0.456 e. The van der Waals surface area contributed by atoms with Gasteiger partial charge in [0.25, 0.3) is 5.91 Å². The molecule has 0 unspecified atom stereocenters. The van der Waals surface area contributed by atoms with Gasteiger partial charge in [-0.25, -0.2) is 8.78 Å². The van der Waals surface area contributed by atoms with Crippen LogP contribution < -0.4 is 10.1 Å². The van der Waals surface area contributed by atoms with Gasteiger partial charge in [-0.1, -0.05) is 0 Å². The lowest BCUT2D eigenvalue weighted by Gasteiger charge is -2.19. The van der Waals surface area contributed by atoms with Gasteiger partial charge in [-0.15, -0.1) is 0 Å². The van der Waals surface area contributed by atoms with Gasteiger partial charge in [-0.2, -0.15) is 13.2 Å². The molecule has 0 bridgehead atoms. The number of nitrogens with one attached hydrogen (secondary N) is 2. The van der Waals surface area contributed by atoms with E-state index in [1.54, 1.807) is 25.3 Å². The fourth-order valence-electron chi connectivity index (χ4n) is 4.19. The van der Waals surface area contributed by atoms with Crippen molar-refractivity contribution in [2.45, 2.75) is 31.9 Å². The number of aromatic amines is 1. The lowest BCUT2D eigenvalue weighted by Crippen LogP contribution is -2.17. The number of ether oxygens (including phenoxy) is 1. The van der Waals surface area contributed by atoms with Gasteiger partial charge < -0.3 is 15.0 Å². The molecule has 1 aliphatic rings. The molecule has 4 nitrogen and oxygen atoms in total. The van der Waals surface area contributed by atoms with E-state index in [4.69, 9.17) is 4.74 Å². The van der Waals surface area contributed by atoms with E-state index in [0.717, 1.165) is 18.2 Å². The summed E-state index contributed by atoms with van der Waals surface area (Å²) in [5, 5.41) is 2.55. The minimum atomic E-state index is -4.69. The Morgan fingerprint density at radius 3 is 2.43 bits per heavy atom. The first-order chi connectivity index (χ1) is 17.6. The average Bonchev–Trinajstić information content (AvgIpc) is 3.55. The van der Waals surface area contributed by atoms with Crippen molar-refractivity contribution in [1.29, 1.82) is 0 Å². The van der Waals surface area contributed by atoms with E-state index in [-0.39, 0.29) is 39.8 Å². The maximum atomic E-state index is 14.4. The fourth-order valence-corrected chi connectivity index (χ4v) is 4.19. The molecule has 0 atom stereocenters. The van der Waals surface area contributed by atoms with Crippen LogP contribution in [0.5, 0.6) is 11.5 Å². The number of halogens is 5. The minimum absolute atomic E-state index is 0.0506. The number of H-pyrrole nitrogens is 1. The van der Waals surface area contributed by atoms with Crippen LogP contribution in [-0.4, -0.2) is 10.9 Å². The Hall–Kier alpha value is -4.14. The number of alkyl halides is 3. The van der Waals surface area contributed by atoms with Crippen LogP contribution in [0.4, 0.5) is 27.6 Å². The summed E-state index contributed by atoms with van der Waals surface area (Å²) in [6.45, 7) is 1.59. The second-order valence-electron chi connectivity index (χ2n) is 8.95. The van der Waals surface area contributed by atoms with Gasteiger partial charge in [0.2, 0.25) is 0 Å². The van der Waals surface area contributed by atoms with Crippen molar-refractivity contribution < 1.29 is 31.5 Å². The Labute approximate surface area is 209 Å². The van der Waals surface area contributed by atoms with E-state index in [1.807, 2.05) is 0 Å². The molecule has 0 aliphatic heterocycles. The Morgan fingerprint density at radius 1 is 1.00 bits per heavy atom. The van der Waals surface area contributed by atoms with E-state index in [0.29, 0.717) is 24.1 Å². The number of aryl methyl sites for hydroxylation is 1. The topological polar surface area (TPSA) is 54.1 Å². The summed E-state index contributed by atoms with van der Waals surface area (Å²) in [6.07, 6.45) is -1.88. The monoisotopic (exact) mass is 512 g/mol. The predicted octanol–water partition coefficient (Wildman–Crippen LogP) is 8.21. The summed E-state index contributed by atoms with van der Waals surface area (Å²) in [5.74, 6) is -2.08. The van der Waals surface area contributed by atoms with Crippen LogP contribution in [-0.2, 0) is 6.18 Å². The zero-order chi connectivity index (χ0) is 26.3. The maximum Gasteiger partial charge on any atom is 0.416 e. The third kappa shape index (κ3) is 5.21. The number of carbonyl (C=O) groups excluding carboxylic acids is 1. The Bertz CT molecular complexity index is 1470. The van der Waals surface area contributed by atoms with Crippen molar-refractivity contribution >= 4 is 11.6 Å². The highest BCUT2D eigenvalue weighted by Gasteiger charge is 2.40. The summed E-state index contributed by atoms with van der Waals surface area (Å²) in [7, 11) is 0. The second-order valence-corrected chi connectivity index (χ2v) is 8.95. The summed E-state index contributed by atoms with van der Waals surface area (Å²) in [5.41, 5.74) is 0.0299. The van der Waals surface area contributed by atoms with Crippen LogP contribution in [0.25, 0.3) is 11.3 Å². The summed E-state index contributed by atoms with van der Waals surface area (Å²) < 4.78 is 75.7. The molecule has 1 amide bonds. The van der Waals surface area contributed by atoms with Gasteiger partial charge in [-0.05, 0) is 97.5 Å². The normalized spacial score (nSPS) is 13.5. The summed E-state index contributed by atoms with van der Waals surface area (Å²) in [6, 6.07) is 12.9. The van der Waals surface area contributed by atoms with Crippen molar-refractivity contribution in [3.05, 3.63) is 101 Å². The van der Waals surface area contributed by atoms with E-state index < -0.39 is 29.3 Å². The smallest absolute Gasteiger partial charge is 0.416 e. The highest BCUT2D eigenvalue weighted by molar-refractivity contribution is 6.06. The number of hydrogen-bond acceptors (Lipinski definition) is 2. The largest absolute Gasteiger partial charge is 0.456 e. The molecular weight excluding hydrogens is 491 g/mol. The molecule has 1 heterocycles. The number of carbonyl (C=O) groups is 1. The maximum absolute atomic E-state index is 14.4. The van der Waals surface area contributed by atoms with Gasteiger partial charge >= 0.3 is 6.18 Å². The van der Waals surface area contributed by atoms with Crippen LogP contribution in [0.2, 0.25) is 0 Å². The molecule has 190 valence electrons. The number of benzene rings is 3. The third-order valence-electron chi connectivity index (χ3n) is 6.19. The third-order valence-corrected chi connectivity index (χ3v) is 6.19. The molecule has 4 aromatic rings. The van der Waals surface area contributed by atoms with Crippen molar-refractivity contribution in [3.63, 3.8) is 0 Å². The highest BCUT2D eigenvalue weighted by atomic mass is 19.4. The lowest BCUT2D eigenvalue weighted by molar-refractivity contribution is -0.138. The molecule has 0 radical (unpaired) electrons. The standard InChI is InChI=1S/C28H21F5N2O2/c1-15-11-17(29)6-9-25(15)37-26-14-19(16-4-5-16)22(28(31,32)33)13-21(26)27(36)35-18-7-8-23(30)20(12-18)24-3-2-10-34-24/h2-3,6-14,16,34H,4-5H2,1H3,(H,35,36). The first kappa shape index (κ1) is 24.5. The van der Waals surface area contributed by atoms with E-state index in [1.165, 1.54) is 30.3 Å². The van der Waals surface area contributed by atoms with Crippen molar-refractivity contribution in [2.75, 3.05) is 5.32 Å². The quantitative estimate of drug-likeness (QED) is 0.256. The first-order valence-electron chi connectivity index (χ1n) is 11.5. The molecule has 0 spiro atoms. The molecule has 3 aromatic carbocycles. The van der Waals surface area contributed by atoms with Crippen LogP contribution in [0.15, 0.2) is 66.9 Å². The number of hydrogen-bond donors (Lipinski definition) is 2. The van der Waals surface area contributed by atoms with Crippen LogP contribution in [0.1, 0.15) is 45.8 Å². The number of amides is 1. The SMILES string of the molecule is Cc1cc(F)ccc1Oc1cc(C2CC2)c(C(F)(F)F)cc1C(=O)Nc1ccc(F)c(-c2ccc[nH]2)c1. The van der Waals surface area contributed by atoms with Crippen molar-refractivity contribution in [3.8, 4) is 22.8 Å². The van der Waals surface area contributed by atoms with Crippen molar-refractivity contribution in [1.82, 2.24) is 4.98 Å². The Balaban J connectivity index is 1.56. The van der Waals surface area contributed by atoms with E-state index in [9.17, 15) is 26.7 Å². The van der Waals surface area contributed by atoms with Gasteiger partial charge in [-0.3, -0.25) is 4.79 Å². The van der Waals surface area contributed by atoms with E-state index >= 15 is 0 Å². The zero-order valence-electron chi connectivity index (χ0n) is 19.5. The highest BCUT2D eigenvalue weighted by Crippen LogP contribution is 2.48. The lowest BCUT2D eigenvalue weighted by atomic mass is 9.98. The van der Waals surface area contributed by atoms with Crippen LogP contribution in [0, 0.1) is 18.6 Å². The Kier molecular flexibility index (Phi) is 6.23. The molecule has 37 heavy (non-hydrogen) atoms. The molecule has 1 aromatic heterocycles. The Morgan fingerprint density at radius 2 is 1.78 bits per heavy atom. The zero-order valence-corrected chi connectivity index (χ0v) is 19.5. The summed E-state index contributed by atoms with van der Waals surface area (Å²) >= 11 is 0. The van der Waals surface area contributed by atoms with Gasteiger partial charge in [0.05, 0.1) is 11.1 Å². The number of anilines is 1. The van der Waals surface area contributed by atoms with Crippen LogP contribution in [0.3, 0.4) is 0 Å². The first-order valence-corrected chi connectivity index (χ1v) is 11.5. The molecule has 1 saturated carbocycles. The molecule has 5 rings (SSSR count). The van der Waals surface area contributed by atoms with Gasteiger partial charge in [0.15, 0.2) is 0 Å². The van der Waals surface area contributed by atoms with E-state index in [2.05, 4.69) is 10.3 Å². The second kappa shape index (κ2) is 9.38. The molecule has 1 aliphatic carbocycles. The number of rotatable bonds is 6. The van der Waals surface area contributed by atoms with Gasteiger partial charge in [0.1, 0.15) is 23.1 Å². The average molecular weight is 512 g/mol.